The van der Waals surface area contributed by atoms with Crippen molar-refractivity contribution in [2.45, 2.75) is 13.8 Å². The predicted octanol–water partition coefficient (Wildman–Crippen LogP) is 8.37. The lowest BCUT2D eigenvalue weighted by Crippen LogP contribution is -2.13. The van der Waals surface area contributed by atoms with E-state index in [0.717, 1.165) is 65.8 Å². The first-order chi connectivity index (χ1) is 23.3. The molecule has 10 rings (SSSR count). The second kappa shape index (κ2) is 10.6. The van der Waals surface area contributed by atoms with Crippen molar-refractivity contribution < 1.29 is 0 Å². The molecule has 0 saturated heterocycles. The van der Waals surface area contributed by atoms with Gasteiger partial charge in [-0.3, -0.25) is 28.7 Å². The van der Waals surface area contributed by atoms with Gasteiger partial charge in [0.2, 0.25) is 17.8 Å². The van der Waals surface area contributed by atoms with Crippen LogP contribution in [0.4, 0.5) is 0 Å². The molecule has 10 aromatic rings. The van der Waals surface area contributed by atoms with Crippen molar-refractivity contribution in [3.05, 3.63) is 128 Å². The monoisotopic (exact) mass is 609 g/mol. The largest absolute Gasteiger partial charge is 0.276 e. The van der Waals surface area contributed by atoms with Gasteiger partial charge in [-0.1, -0.05) is 68.4 Å². The predicted molar refractivity (Wildman–Crippen MR) is 188 cm³/mol. The van der Waals surface area contributed by atoms with Crippen LogP contribution in [-0.4, -0.2) is 43.6 Å². The highest BCUT2D eigenvalue weighted by Crippen LogP contribution is 2.34. The molecule has 7 heterocycles. The van der Waals surface area contributed by atoms with Crippen LogP contribution in [0.1, 0.15) is 13.8 Å². The van der Waals surface area contributed by atoms with E-state index in [1.165, 1.54) is 0 Å². The fourth-order valence-corrected chi connectivity index (χ4v) is 6.64. The van der Waals surface area contributed by atoms with Crippen molar-refractivity contribution in [1.29, 1.82) is 0 Å². The number of nitrogens with zero attached hydrogens (tertiary/aromatic N) is 9. The molecule has 0 bridgehead atoms. The van der Waals surface area contributed by atoms with Gasteiger partial charge >= 0.3 is 0 Å². The van der Waals surface area contributed by atoms with Gasteiger partial charge in [-0.2, -0.15) is 15.0 Å². The van der Waals surface area contributed by atoms with Crippen LogP contribution in [0, 0.1) is 0 Å². The SMILES string of the molecule is CC.c1ccc2c(c1)c1ncccc1n2-c1nc(-n2c3ccccc3c3ncccc32)nc(-n2c3ccccc3c3ncccc32)n1. The summed E-state index contributed by atoms with van der Waals surface area (Å²) in [5.41, 5.74) is 8.28. The van der Waals surface area contributed by atoms with Gasteiger partial charge in [-0.25, -0.2) is 0 Å². The molecule has 0 aliphatic carbocycles. The van der Waals surface area contributed by atoms with Gasteiger partial charge in [0.05, 0.1) is 49.7 Å². The maximum atomic E-state index is 5.21. The molecule has 0 unspecified atom stereocenters. The van der Waals surface area contributed by atoms with Crippen molar-refractivity contribution >= 4 is 65.8 Å². The summed E-state index contributed by atoms with van der Waals surface area (Å²) in [6, 6.07) is 36.6. The van der Waals surface area contributed by atoms with E-state index in [-0.39, 0.29) is 0 Å². The molecular formula is C38H27N9. The maximum Gasteiger partial charge on any atom is 0.241 e. The van der Waals surface area contributed by atoms with Crippen LogP contribution in [0.5, 0.6) is 0 Å². The van der Waals surface area contributed by atoms with Gasteiger partial charge in [0.1, 0.15) is 0 Å². The highest BCUT2D eigenvalue weighted by molar-refractivity contribution is 6.08. The molecule has 0 fully saturated rings. The highest BCUT2D eigenvalue weighted by Gasteiger charge is 2.22. The Balaban J connectivity index is 0.00000149. The quantitative estimate of drug-likeness (QED) is 0.200. The third kappa shape index (κ3) is 3.89. The summed E-state index contributed by atoms with van der Waals surface area (Å²) in [5, 5.41) is 3.08. The standard InChI is InChI=1S/C36H21N9.C2H6/c1-4-13-25-22(10-1)31-28(16-7-19-37-31)43(25)34-40-35(44-26-14-5-2-11-23(26)32-29(44)17-8-20-38-32)42-36(41-34)45-27-15-6-3-12-24(27)33-30(45)18-9-21-39-33;1-2/h1-21H;1-2H3. The lowest BCUT2D eigenvalue weighted by molar-refractivity contribution is 0.847. The Hall–Kier alpha value is -6.48. The topological polar surface area (TPSA) is 92.1 Å². The minimum Gasteiger partial charge on any atom is -0.276 e. The third-order valence-corrected chi connectivity index (χ3v) is 8.48. The van der Waals surface area contributed by atoms with E-state index in [9.17, 15) is 0 Å². The number of pyridine rings is 3. The minimum atomic E-state index is 0.485. The number of para-hydroxylation sites is 3. The smallest absolute Gasteiger partial charge is 0.241 e. The third-order valence-electron chi connectivity index (χ3n) is 8.48. The Morgan fingerprint density at radius 3 is 0.936 bits per heavy atom. The Kier molecular flexibility index (Phi) is 6.04. The molecule has 224 valence electrons. The molecule has 47 heavy (non-hydrogen) atoms. The van der Waals surface area contributed by atoms with E-state index in [1.807, 2.05) is 87.0 Å². The van der Waals surface area contributed by atoms with E-state index >= 15 is 0 Å². The van der Waals surface area contributed by atoms with E-state index in [0.29, 0.717) is 17.8 Å². The van der Waals surface area contributed by atoms with Crippen LogP contribution in [-0.2, 0) is 0 Å². The second-order valence-corrected chi connectivity index (χ2v) is 10.9. The minimum absolute atomic E-state index is 0.485. The molecule has 0 amide bonds. The van der Waals surface area contributed by atoms with E-state index in [4.69, 9.17) is 29.9 Å². The van der Waals surface area contributed by atoms with Gasteiger partial charge in [0, 0.05) is 34.7 Å². The lowest BCUT2D eigenvalue weighted by atomic mass is 10.2. The van der Waals surface area contributed by atoms with Crippen molar-refractivity contribution in [2.75, 3.05) is 0 Å². The van der Waals surface area contributed by atoms with Gasteiger partial charge in [0.15, 0.2) is 0 Å². The molecule has 9 heteroatoms. The fraction of sp³-hybridized carbons (Fsp3) is 0.0526. The summed E-state index contributed by atoms with van der Waals surface area (Å²) < 4.78 is 6.22. The Morgan fingerprint density at radius 2 is 0.617 bits per heavy atom. The molecule has 0 saturated carbocycles. The van der Waals surface area contributed by atoms with Gasteiger partial charge in [0.25, 0.3) is 0 Å². The molecule has 7 aromatic heterocycles. The molecule has 3 aromatic carbocycles. The van der Waals surface area contributed by atoms with Gasteiger partial charge in [-0.15, -0.1) is 0 Å². The number of benzene rings is 3. The number of rotatable bonds is 3. The first-order valence-electron chi connectivity index (χ1n) is 15.6. The zero-order valence-electron chi connectivity index (χ0n) is 25.6. The molecule has 0 aliphatic rings. The molecule has 0 aliphatic heterocycles. The molecular weight excluding hydrogens is 582 g/mol. The fourth-order valence-electron chi connectivity index (χ4n) is 6.64. The average molecular weight is 610 g/mol. The summed E-state index contributed by atoms with van der Waals surface area (Å²) in [7, 11) is 0. The first kappa shape index (κ1) is 26.9. The normalized spacial score (nSPS) is 11.6. The zero-order chi connectivity index (χ0) is 31.5. The Bertz CT molecular complexity index is 2310. The highest BCUT2D eigenvalue weighted by atomic mass is 15.3. The van der Waals surface area contributed by atoms with Gasteiger partial charge in [-0.05, 0) is 54.6 Å². The summed E-state index contributed by atoms with van der Waals surface area (Å²) >= 11 is 0. The van der Waals surface area contributed by atoms with Crippen LogP contribution in [0.25, 0.3) is 83.7 Å². The summed E-state index contributed by atoms with van der Waals surface area (Å²) in [6.07, 6.45) is 5.46. The molecule has 0 radical (unpaired) electrons. The van der Waals surface area contributed by atoms with Crippen LogP contribution in [0.15, 0.2) is 128 Å². The molecule has 9 nitrogen and oxygen atoms in total. The van der Waals surface area contributed by atoms with Crippen molar-refractivity contribution in [3.8, 4) is 17.8 Å². The van der Waals surface area contributed by atoms with E-state index in [2.05, 4.69) is 68.3 Å². The number of hydrogen-bond acceptors (Lipinski definition) is 6. The Labute approximate surface area is 268 Å². The second-order valence-electron chi connectivity index (χ2n) is 10.9. The molecule has 0 atom stereocenters. The number of aromatic nitrogens is 9. The lowest BCUT2D eigenvalue weighted by Gasteiger charge is -2.13. The first-order valence-corrected chi connectivity index (χ1v) is 15.6. The van der Waals surface area contributed by atoms with Crippen molar-refractivity contribution in [3.63, 3.8) is 0 Å². The molecule has 0 spiro atoms. The van der Waals surface area contributed by atoms with Crippen LogP contribution < -0.4 is 0 Å². The van der Waals surface area contributed by atoms with Crippen LogP contribution in [0.2, 0.25) is 0 Å². The summed E-state index contributed by atoms with van der Waals surface area (Å²) in [4.78, 5) is 29.9. The van der Waals surface area contributed by atoms with E-state index in [1.54, 1.807) is 0 Å². The summed E-state index contributed by atoms with van der Waals surface area (Å²) in [6.45, 7) is 4.00. The number of fused-ring (bicyclic) bond motifs is 9. The zero-order valence-corrected chi connectivity index (χ0v) is 25.6. The van der Waals surface area contributed by atoms with Crippen molar-refractivity contribution in [1.82, 2.24) is 43.6 Å². The summed E-state index contributed by atoms with van der Waals surface area (Å²) in [5.74, 6) is 1.46. The Morgan fingerprint density at radius 1 is 0.340 bits per heavy atom. The van der Waals surface area contributed by atoms with Crippen molar-refractivity contribution in [2.24, 2.45) is 0 Å². The molecule has 0 N–H and O–H groups in total. The van der Waals surface area contributed by atoms with Crippen LogP contribution >= 0.6 is 0 Å². The van der Waals surface area contributed by atoms with Gasteiger partial charge < -0.3 is 0 Å². The number of hydrogen-bond donors (Lipinski definition) is 0. The van der Waals surface area contributed by atoms with Crippen LogP contribution in [0.3, 0.4) is 0 Å². The van der Waals surface area contributed by atoms with E-state index < -0.39 is 0 Å². The maximum absolute atomic E-state index is 5.21. The average Bonchev–Trinajstić information content (AvgIpc) is 3.78.